The lowest BCUT2D eigenvalue weighted by Gasteiger charge is -2.29. The van der Waals surface area contributed by atoms with Crippen LogP contribution in [0, 0.1) is 5.92 Å². The van der Waals surface area contributed by atoms with Crippen LogP contribution in [0.5, 0.6) is 11.5 Å². The molecule has 0 spiro atoms. The van der Waals surface area contributed by atoms with Gasteiger partial charge in [-0.25, -0.2) is 0 Å². The maximum Gasteiger partial charge on any atom is 0.230 e. The van der Waals surface area contributed by atoms with Crippen molar-refractivity contribution in [1.29, 1.82) is 0 Å². The first-order valence-corrected chi connectivity index (χ1v) is 11.3. The molecule has 0 aliphatic heterocycles. The zero-order valence-electron chi connectivity index (χ0n) is 17.7. The van der Waals surface area contributed by atoms with Crippen molar-refractivity contribution in [3.05, 3.63) is 42.7 Å². The van der Waals surface area contributed by atoms with Gasteiger partial charge in [0.25, 0.3) is 0 Å². The summed E-state index contributed by atoms with van der Waals surface area (Å²) in [6.07, 6.45) is 6.48. The summed E-state index contributed by atoms with van der Waals surface area (Å²) in [4.78, 5) is 12.4. The number of carbonyl (C=O) groups excluding carboxylic acids is 1. The van der Waals surface area contributed by atoms with Crippen molar-refractivity contribution in [1.82, 2.24) is 20.1 Å². The number of allylic oxidation sites excluding steroid dienone is 1. The van der Waals surface area contributed by atoms with E-state index in [4.69, 9.17) is 9.47 Å². The minimum Gasteiger partial charge on any atom is -0.497 e. The molecule has 2 atom stereocenters. The number of nitrogens with one attached hydrogen (secondary N) is 1. The van der Waals surface area contributed by atoms with Gasteiger partial charge in [-0.2, -0.15) is 0 Å². The van der Waals surface area contributed by atoms with Crippen molar-refractivity contribution >= 4 is 17.7 Å². The Kier molecular flexibility index (Phi) is 8.19. The molecule has 1 heterocycles. The Morgan fingerprint density at radius 2 is 2.00 bits per heavy atom. The van der Waals surface area contributed by atoms with Crippen LogP contribution in [0.1, 0.15) is 38.4 Å². The topological polar surface area (TPSA) is 78.3 Å². The van der Waals surface area contributed by atoms with Crippen molar-refractivity contribution in [2.75, 3.05) is 12.9 Å². The normalized spacial score (nSPS) is 18.6. The second kappa shape index (κ2) is 11.1. The highest BCUT2D eigenvalue weighted by Gasteiger charge is 2.23. The van der Waals surface area contributed by atoms with Gasteiger partial charge in [0.15, 0.2) is 11.0 Å². The summed E-state index contributed by atoms with van der Waals surface area (Å²) in [5, 5.41) is 12.4. The summed E-state index contributed by atoms with van der Waals surface area (Å²) in [5.74, 6) is 3.09. The molecule has 30 heavy (non-hydrogen) atoms. The summed E-state index contributed by atoms with van der Waals surface area (Å²) >= 11 is 1.39. The van der Waals surface area contributed by atoms with E-state index in [2.05, 4.69) is 29.0 Å². The highest BCUT2D eigenvalue weighted by atomic mass is 32.2. The predicted molar refractivity (Wildman–Crippen MR) is 118 cm³/mol. The van der Waals surface area contributed by atoms with Gasteiger partial charge in [-0.05, 0) is 43.0 Å². The van der Waals surface area contributed by atoms with Crippen molar-refractivity contribution in [2.45, 2.75) is 57.0 Å². The first-order valence-electron chi connectivity index (χ1n) is 10.3. The number of hydrogen-bond donors (Lipinski definition) is 1. The molecule has 3 rings (SSSR count). The van der Waals surface area contributed by atoms with Crippen LogP contribution in [-0.2, 0) is 17.9 Å². The summed E-state index contributed by atoms with van der Waals surface area (Å²) in [7, 11) is 1.63. The predicted octanol–water partition coefficient (Wildman–Crippen LogP) is 3.84. The molecule has 1 aromatic carbocycles. The molecule has 1 aliphatic carbocycles. The summed E-state index contributed by atoms with van der Waals surface area (Å²) in [6, 6.07) is 7.66. The van der Waals surface area contributed by atoms with E-state index < -0.39 is 0 Å². The lowest BCUT2D eigenvalue weighted by atomic mass is 9.86. The molecule has 0 saturated heterocycles. The Labute approximate surface area is 182 Å². The number of benzene rings is 1. The monoisotopic (exact) mass is 430 g/mol. The molecule has 1 fully saturated rings. The molecule has 1 saturated carbocycles. The molecule has 1 N–H and O–H groups in total. The molecule has 1 aromatic heterocycles. The molecule has 162 valence electrons. The van der Waals surface area contributed by atoms with Gasteiger partial charge in [-0.1, -0.05) is 37.6 Å². The van der Waals surface area contributed by atoms with Crippen LogP contribution in [0.3, 0.4) is 0 Å². The Hall–Kier alpha value is -2.48. The summed E-state index contributed by atoms with van der Waals surface area (Å²) < 4.78 is 12.9. The summed E-state index contributed by atoms with van der Waals surface area (Å²) in [5.41, 5.74) is 0. The number of methoxy groups -OCH3 is 1. The fraction of sp³-hybridized carbons (Fsp3) is 0.500. The number of aromatic nitrogens is 3. The van der Waals surface area contributed by atoms with Gasteiger partial charge >= 0.3 is 0 Å². The third-order valence-electron chi connectivity index (χ3n) is 5.32. The van der Waals surface area contributed by atoms with E-state index in [1.165, 1.54) is 31.0 Å². The number of nitrogens with zero attached hydrogens (tertiary/aromatic N) is 3. The smallest absolute Gasteiger partial charge is 0.230 e. The van der Waals surface area contributed by atoms with Crippen LogP contribution in [0.2, 0.25) is 0 Å². The Morgan fingerprint density at radius 1 is 1.27 bits per heavy atom. The highest BCUT2D eigenvalue weighted by Crippen LogP contribution is 2.24. The molecular formula is C22H30N4O3S. The van der Waals surface area contributed by atoms with E-state index in [0.717, 1.165) is 17.9 Å². The average Bonchev–Trinajstić information content (AvgIpc) is 3.14. The number of rotatable bonds is 10. The van der Waals surface area contributed by atoms with E-state index >= 15 is 0 Å². The minimum absolute atomic E-state index is 0.0444. The van der Waals surface area contributed by atoms with Gasteiger partial charge in [-0.15, -0.1) is 16.8 Å². The maximum absolute atomic E-state index is 12.4. The van der Waals surface area contributed by atoms with Crippen molar-refractivity contribution in [2.24, 2.45) is 5.92 Å². The first-order chi connectivity index (χ1) is 14.6. The molecule has 2 aromatic rings. The number of thioether (sulfide) groups is 1. The van der Waals surface area contributed by atoms with E-state index in [9.17, 15) is 4.79 Å². The molecule has 8 heteroatoms. The second-order valence-electron chi connectivity index (χ2n) is 7.49. The molecule has 7 nitrogen and oxygen atoms in total. The maximum atomic E-state index is 12.4. The zero-order chi connectivity index (χ0) is 21.3. The number of ether oxygens (including phenoxy) is 2. The van der Waals surface area contributed by atoms with Crippen molar-refractivity contribution in [3.8, 4) is 11.5 Å². The van der Waals surface area contributed by atoms with Crippen LogP contribution < -0.4 is 14.8 Å². The van der Waals surface area contributed by atoms with E-state index in [-0.39, 0.29) is 18.6 Å². The van der Waals surface area contributed by atoms with Gasteiger partial charge < -0.3 is 14.8 Å². The quantitative estimate of drug-likeness (QED) is 0.456. The lowest BCUT2D eigenvalue weighted by Crippen LogP contribution is -2.41. The van der Waals surface area contributed by atoms with E-state index in [1.54, 1.807) is 13.2 Å². The largest absolute Gasteiger partial charge is 0.497 e. The Balaban J connectivity index is 1.56. The molecular weight excluding hydrogens is 400 g/mol. The number of carbonyl (C=O) groups is 1. The third-order valence-corrected chi connectivity index (χ3v) is 6.29. The van der Waals surface area contributed by atoms with Crippen LogP contribution in [-0.4, -0.2) is 39.6 Å². The standard InChI is InChI=1S/C22H30N4O3S/c1-4-13-26-20(14-29-18-11-9-17(28-3)10-12-18)24-25-22(26)30-15-21(27)23-19-8-6-5-7-16(19)2/h4,9-12,16,19H,1,5-8,13-15H2,2-3H3,(H,23,27). The SMILES string of the molecule is C=CCn1c(COc2ccc(OC)cc2)nnc1SCC(=O)NC1CCCCC1C. The van der Waals surface area contributed by atoms with E-state index in [0.29, 0.717) is 29.2 Å². The summed E-state index contributed by atoms with van der Waals surface area (Å²) in [6.45, 7) is 6.86. The van der Waals surface area contributed by atoms with Crippen LogP contribution in [0.15, 0.2) is 42.1 Å². The van der Waals surface area contributed by atoms with Gasteiger partial charge in [0.05, 0.1) is 12.9 Å². The molecule has 0 radical (unpaired) electrons. The molecule has 2 unspecified atom stereocenters. The average molecular weight is 431 g/mol. The van der Waals surface area contributed by atoms with Crippen LogP contribution >= 0.6 is 11.8 Å². The second-order valence-corrected chi connectivity index (χ2v) is 8.43. The van der Waals surface area contributed by atoms with Crippen molar-refractivity contribution < 1.29 is 14.3 Å². The first kappa shape index (κ1) is 22.2. The van der Waals surface area contributed by atoms with Crippen LogP contribution in [0.25, 0.3) is 0 Å². The third kappa shape index (κ3) is 6.01. The minimum atomic E-state index is 0.0444. The number of amides is 1. The van der Waals surface area contributed by atoms with Crippen LogP contribution in [0.4, 0.5) is 0 Å². The van der Waals surface area contributed by atoms with Gasteiger partial charge in [0, 0.05) is 12.6 Å². The van der Waals surface area contributed by atoms with Gasteiger partial charge in [-0.3, -0.25) is 9.36 Å². The fourth-order valence-corrected chi connectivity index (χ4v) is 4.35. The van der Waals surface area contributed by atoms with E-state index in [1.807, 2.05) is 28.8 Å². The lowest BCUT2D eigenvalue weighted by molar-refractivity contribution is -0.119. The van der Waals surface area contributed by atoms with Gasteiger partial charge in [0.2, 0.25) is 5.91 Å². The zero-order valence-corrected chi connectivity index (χ0v) is 18.5. The highest BCUT2D eigenvalue weighted by molar-refractivity contribution is 7.99. The Morgan fingerprint density at radius 3 is 2.70 bits per heavy atom. The number of hydrogen-bond acceptors (Lipinski definition) is 6. The van der Waals surface area contributed by atoms with Gasteiger partial charge in [0.1, 0.15) is 18.1 Å². The molecule has 1 amide bonds. The molecule has 0 bridgehead atoms. The molecule has 1 aliphatic rings. The van der Waals surface area contributed by atoms with Crippen molar-refractivity contribution in [3.63, 3.8) is 0 Å². The Bertz CT molecular complexity index is 837. The fourth-order valence-electron chi connectivity index (χ4n) is 3.57.